The monoisotopic (exact) mass is 319 g/mol. The van der Waals surface area contributed by atoms with Crippen LogP contribution >= 0.6 is 22.6 Å². The van der Waals surface area contributed by atoms with Gasteiger partial charge in [0.2, 0.25) is 0 Å². The fourth-order valence-electron chi connectivity index (χ4n) is 1.24. The van der Waals surface area contributed by atoms with Gasteiger partial charge in [-0.05, 0) is 47.3 Å². The zero-order valence-electron chi connectivity index (χ0n) is 8.87. The predicted octanol–water partition coefficient (Wildman–Crippen LogP) is 1.90. The first kappa shape index (κ1) is 12.4. The largest absolute Gasteiger partial charge is 0.468 e. The predicted molar refractivity (Wildman–Crippen MR) is 67.5 cm³/mol. The molecular formula is C11H14INO2. The minimum Gasteiger partial charge on any atom is -0.468 e. The second-order valence-corrected chi connectivity index (χ2v) is 4.62. The van der Waals surface area contributed by atoms with E-state index in [0.29, 0.717) is 6.54 Å². The number of methoxy groups -OCH3 is 1. The highest BCUT2D eigenvalue weighted by Gasteiger charge is 2.06. The Morgan fingerprint density at radius 2 is 2.00 bits per heavy atom. The fourth-order valence-corrected chi connectivity index (χ4v) is 1.60. The highest BCUT2D eigenvalue weighted by Crippen LogP contribution is 2.08. The molecule has 1 rings (SSSR count). The number of nitrogens with zero attached hydrogens (tertiary/aromatic N) is 1. The van der Waals surface area contributed by atoms with Crippen molar-refractivity contribution >= 4 is 28.6 Å². The number of carbonyl (C=O) groups is 1. The molecule has 0 radical (unpaired) electrons. The molecule has 82 valence electrons. The minimum absolute atomic E-state index is 0.206. The summed E-state index contributed by atoms with van der Waals surface area (Å²) < 4.78 is 5.81. The number of carbonyl (C=O) groups excluding carboxylic acids is 1. The van der Waals surface area contributed by atoms with E-state index >= 15 is 0 Å². The van der Waals surface area contributed by atoms with Crippen molar-refractivity contribution < 1.29 is 9.53 Å². The number of rotatable bonds is 4. The second kappa shape index (κ2) is 6.07. The van der Waals surface area contributed by atoms with Crippen LogP contribution < -0.4 is 0 Å². The molecule has 0 atom stereocenters. The smallest absolute Gasteiger partial charge is 0.319 e. The molecule has 3 nitrogen and oxygen atoms in total. The molecule has 0 fully saturated rings. The molecule has 0 aliphatic rings. The number of halogens is 1. The van der Waals surface area contributed by atoms with E-state index in [-0.39, 0.29) is 5.97 Å². The summed E-state index contributed by atoms with van der Waals surface area (Å²) in [5.41, 5.74) is 1.20. The number of esters is 1. The third kappa shape index (κ3) is 4.61. The summed E-state index contributed by atoms with van der Waals surface area (Å²) >= 11 is 2.27. The third-order valence-electron chi connectivity index (χ3n) is 1.99. The van der Waals surface area contributed by atoms with Crippen molar-refractivity contribution in [3.63, 3.8) is 0 Å². The van der Waals surface area contributed by atoms with Crippen molar-refractivity contribution in [2.24, 2.45) is 0 Å². The van der Waals surface area contributed by atoms with Gasteiger partial charge in [-0.2, -0.15) is 0 Å². The maximum Gasteiger partial charge on any atom is 0.319 e. The summed E-state index contributed by atoms with van der Waals surface area (Å²) in [6.07, 6.45) is 0. The molecule has 0 spiro atoms. The Morgan fingerprint density at radius 3 is 2.53 bits per heavy atom. The molecule has 0 aromatic heterocycles. The second-order valence-electron chi connectivity index (χ2n) is 3.37. The molecule has 0 bridgehead atoms. The van der Waals surface area contributed by atoms with E-state index in [0.717, 1.165) is 6.54 Å². The lowest BCUT2D eigenvalue weighted by Gasteiger charge is -2.14. The van der Waals surface area contributed by atoms with Gasteiger partial charge in [-0.1, -0.05) is 12.1 Å². The van der Waals surface area contributed by atoms with Crippen LogP contribution in [-0.4, -0.2) is 31.6 Å². The van der Waals surface area contributed by atoms with Crippen LogP contribution in [0.15, 0.2) is 24.3 Å². The Morgan fingerprint density at radius 1 is 1.40 bits per heavy atom. The summed E-state index contributed by atoms with van der Waals surface area (Å²) in [4.78, 5) is 12.9. The summed E-state index contributed by atoms with van der Waals surface area (Å²) in [6.45, 7) is 1.08. The quantitative estimate of drug-likeness (QED) is 0.627. The van der Waals surface area contributed by atoms with E-state index in [9.17, 15) is 4.79 Å². The normalized spacial score (nSPS) is 10.4. The van der Waals surface area contributed by atoms with Crippen LogP contribution in [0, 0.1) is 3.57 Å². The van der Waals surface area contributed by atoms with Gasteiger partial charge >= 0.3 is 5.97 Å². The Balaban J connectivity index is 2.47. The zero-order chi connectivity index (χ0) is 11.3. The van der Waals surface area contributed by atoms with E-state index in [4.69, 9.17) is 0 Å². The van der Waals surface area contributed by atoms with E-state index < -0.39 is 0 Å². The molecule has 15 heavy (non-hydrogen) atoms. The Kier molecular flexibility index (Phi) is 5.04. The van der Waals surface area contributed by atoms with Gasteiger partial charge in [0.25, 0.3) is 0 Å². The molecule has 1 aromatic rings. The van der Waals surface area contributed by atoms with E-state index in [1.807, 2.05) is 11.9 Å². The SMILES string of the molecule is COC(=O)CN(C)Cc1ccc(I)cc1. The van der Waals surface area contributed by atoms with Crippen molar-refractivity contribution in [2.45, 2.75) is 6.54 Å². The average Bonchev–Trinajstić information content (AvgIpc) is 2.21. The lowest BCUT2D eigenvalue weighted by molar-refractivity contribution is -0.141. The van der Waals surface area contributed by atoms with Gasteiger partial charge in [0.1, 0.15) is 0 Å². The Hall–Kier alpha value is -0.620. The van der Waals surface area contributed by atoms with Crippen LogP contribution in [0.3, 0.4) is 0 Å². The topological polar surface area (TPSA) is 29.5 Å². The molecule has 0 aliphatic carbocycles. The van der Waals surface area contributed by atoms with Gasteiger partial charge in [0.15, 0.2) is 0 Å². The van der Waals surface area contributed by atoms with Gasteiger partial charge in [-0.3, -0.25) is 9.69 Å². The maximum absolute atomic E-state index is 11.0. The number of hydrogen-bond donors (Lipinski definition) is 0. The Bertz CT molecular complexity index is 324. The summed E-state index contributed by atoms with van der Waals surface area (Å²) in [6, 6.07) is 8.24. The summed E-state index contributed by atoms with van der Waals surface area (Å²) in [5.74, 6) is -0.206. The van der Waals surface area contributed by atoms with Crippen molar-refractivity contribution in [1.82, 2.24) is 4.90 Å². The molecule has 0 aliphatic heterocycles. The van der Waals surface area contributed by atoms with Gasteiger partial charge < -0.3 is 4.74 Å². The fraction of sp³-hybridized carbons (Fsp3) is 0.364. The maximum atomic E-state index is 11.0. The van der Waals surface area contributed by atoms with E-state index in [1.165, 1.54) is 16.2 Å². The van der Waals surface area contributed by atoms with Gasteiger partial charge in [0, 0.05) is 10.1 Å². The molecule has 0 unspecified atom stereocenters. The first-order chi connectivity index (χ1) is 7.11. The van der Waals surface area contributed by atoms with Crippen molar-refractivity contribution in [1.29, 1.82) is 0 Å². The van der Waals surface area contributed by atoms with Gasteiger partial charge in [-0.15, -0.1) is 0 Å². The molecule has 0 amide bonds. The summed E-state index contributed by atoms with van der Waals surface area (Å²) in [5, 5.41) is 0. The highest BCUT2D eigenvalue weighted by molar-refractivity contribution is 14.1. The van der Waals surface area contributed by atoms with Crippen LogP contribution in [-0.2, 0) is 16.1 Å². The lowest BCUT2D eigenvalue weighted by Crippen LogP contribution is -2.26. The van der Waals surface area contributed by atoms with Crippen LogP contribution in [0.5, 0.6) is 0 Å². The van der Waals surface area contributed by atoms with E-state index in [2.05, 4.69) is 51.6 Å². The third-order valence-corrected chi connectivity index (χ3v) is 2.71. The van der Waals surface area contributed by atoms with Crippen molar-refractivity contribution in [2.75, 3.05) is 20.7 Å². The molecule has 0 N–H and O–H groups in total. The lowest BCUT2D eigenvalue weighted by atomic mass is 10.2. The van der Waals surface area contributed by atoms with E-state index in [1.54, 1.807) is 0 Å². The minimum atomic E-state index is -0.206. The highest BCUT2D eigenvalue weighted by atomic mass is 127. The zero-order valence-corrected chi connectivity index (χ0v) is 11.0. The summed E-state index contributed by atoms with van der Waals surface area (Å²) in [7, 11) is 3.30. The molecule has 4 heteroatoms. The van der Waals surface area contributed by atoms with Gasteiger partial charge in [-0.25, -0.2) is 0 Å². The number of hydrogen-bond acceptors (Lipinski definition) is 3. The molecule has 0 saturated heterocycles. The molecule has 1 aromatic carbocycles. The van der Waals surface area contributed by atoms with Crippen LogP contribution in [0.2, 0.25) is 0 Å². The molecule has 0 heterocycles. The first-order valence-corrected chi connectivity index (χ1v) is 5.69. The number of ether oxygens (including phenoxy) is 1. The standard InChI is InChI=1S/C11H14INO2/c1-13(8-11(14)15-2)7-9-3-5-10(12)6-4-9/h3-6H,7-8H2,1-2H3. The molecular weight excluding hydrogens is 305 g/mol. The van der Waals surface area contributed by atoms with Crippen LogP contribution in [0.4, 0.5) is 0 Å². The van der Waals surface area contributed by atoms with Crippen LogP contribution in [0.25, 0.3) is 0 Å². The number of benzene rings is 1. The van der Waals surface area contributed by atoms with Gasteiger partial charge in [0.05, 0.1) is 13.7 Å². The first-order valence-electron chi connectivity index (χ1n) is 4.61. The van der Waals surface area contributed by atoms with Crippen molar-refractivity contribution in [3.8, 4) is 0 Å². The molecule has 0 saturated carbocycles. The van der Waals surface area contributed by atoms with Crippen LogP contribution in [0.1, 0.15) is 5.56 Å². The Labute approximate surface area is 104 Å². The van der Waals surface area contributed by atoms with Crippen molar-refractivity contribution in [3.05, 3.63) is 33.4 Å². The average molecular weight is 319 g/mol. The number of likely N-dealkylation sites (N-methyl/N-ethyl adjacent to an activating group) is 1.